The molecule has 1 heterocycles. The largest absolute Gasteiger partial charge is 0.445 e. The highest BCUT2D eigenvalue weighted by molar-refractivity contribution is 5.70. The van der Waals surface area contributed by atoms with E-state index in [2.05, 4.69) is 75.4 Å². The van der Waals surface area contributed by atoms with E-state index in [1.54, 1.807) is 0 Å². The summed E-state index contributed by atoms with van der Waals surface area (Å²) in [5.74, 6) is 0.427. The van der Waals surface area contributed by atoms with Gasteiger partial charge in [-0.25, -0.2) is 4.79 Å². The van der Waals surface area contributed by atoms with Crippen molar-refractivity contribution in [3.63, 3.8) is 0 Å². The SMILES string of the molecule is C/C(=C\[C@H]1CC(c2ccccc2)(c2ccccc2)CN1C(=O)OCc1ccccc1)C(C)C. The average molecular weight is 440 g/mol. The summed E-state index contributed by atoms with van der Waals surface area (Å²) >= 11 is 0. The molecule has 3 heteroatoms. The van der Waals surface area contributed by atoms with E-state index in [4.69, 9.17) is 4.74 Å². The first kappa shape index (κ1) is 22.8. The Bertz CT molecular complexity index is 1030. The topological polar surface area (TPSA) is 29.5 Å². The van der Waals surface area contributed by atoms with Gasteiger partial charge >= 0.3 is 6.09 Å². The van der Waals surface area contributed by atoms with Crippen molar-refractivity contribution in [2.45, 2.75) is 45.3 Å². The molecule has 170 valence electrons. The molecule has 1 amide bonds. The lowest BCUT2D eigenvalue weighted by Gasteiger charge is -2.30. The Balaban J connectivity index is 1.71. The number of carbonyl (C=O) groups is 1. The predicted molar refractivity (Wildman–Crippen MR) is 134 cm³/mol. The molecule has 0 N–H and O–H groups in total. The predicted octanol–water partition coefficient (Wildman–Crippen LogP) is 6.99. The van der Waals surface area contributed by atoms with Gasteiger partial charge in [0.1, 0.15) is 6.61 Å². The summed E-state index contributed by atoms with van der Waals surface area (Å²) in [6.45, 7) is 7.41. The fourth-order valence-corrected chi connectivity index (χ4v) is 4.69. The van der Waals surface area contributed by atoms with Gasteiger partial charge in [0.2, 0.25) is 0 Å². The van der Waals surface area contributed by atoms with E-state index in [1.165, 1.54) is 16.7 Å². The molecule has 0 unspecified atom stereocenters. The number of hydrogen-bond acceptors (Lipinski definition) is 2. The van der Waals surface area contributed by atoms with Crippen LogP contribution < -0.4 is 0 Å². The maximum Gasteiger partial charge on any atom is 0.410 e. The van der Waals surface area contributed by atoms with Crippen molar-refractivity contribution in [1.82, 2.24) is 4.90 Å². The fourth-order valence-electron chi connectivity index (χ4n) is 4.69. The average Bonchev–Trinajstić information content (AvgIpc) is 3.25. The molecule has 0 radical (unpaired) electrons. The third kappa shape index (κ3) is 5.03. The van der Waals surface area contributed by atoms with Crippen molar-refractivity contribution >= 4 is 6.09 Å². The lowest BCUT2D eigenvalue weighted by Crippen LogP contribution is -2.38. The Morgan fingerprint density at radius 2 is 1.45 bits per heavy atom. The highest BCUT2D eigenvalue weighted by Gasteiger charge is 2.48. The number of carbonyl (C=O) groups excluding carboxylic acids is 1. The Morgan fingerprint density at radius 3 is 1.97 bits per heavy atom. The summed E-state index contributed by atoms with van der Waals surface area (Å²) in [6, 6.07) is 31.0. The van der Waals surface area contributed by atoms with Gasteiger partial charge in [0.25, 0.3) is 0 Å². The molecule has 3 aromatic rings. The van der Waals surface area contributed by atoms with Crippen LogP contribution in [0.3, 0.4) is 0 Å². The number of ether oxygens (including phenoxy) is 1. The summed E-state index contributed by atoms with van der Waals surface area (Å²) in [7, 11) is 0. The highest BCUT2D eigenvalue weighted by Crippen LogP contribution is 2.44. The Labute approximate surface area is 197 Å². The van der Waals surface area contributed by atoms with E-state index in [0.717, 1.165) is 12.0 Å². The molecule has 4 rings (SSSR count). The van der Waals surface area contributed by atoms with E-state index < -0.39 is 0 Å². The maximum atomic E-state index is 13.4. The zero-order chi connectivity index (χ0) is 23.3. The first-order valence-electron chi connectivity index (χ1n) is 11.8. The van der Waals surface area contributed by atoms with Crippen LogP contribution in [0, 0.1) is 5.92 Å². The number of hydrogen-bond donors (Lipinski definition) is 0. The van der Waals surface area contributed by atoms with E-state index in [9.17, 15) is 4.79 Å². The molecule has 0 aromatic heterocycles. The van der Waals surface area contributed by atoms with E-state index >= 15 is 0 Å². The van der Waals surface area contributed by atoms with Crippen LogP contribution in [0.25, 0.3) is 0 Å². The lowest BCUT2D eigenvalue weighted by molar-refractivity contribution is 0.0962. The smallest absolute Gasteiger partial charge is 0.410 e. The second-order valence-corrected chi connectivity index (χ2v) is 9.32. The van der Waals surface area contributed by atoms with Crippen LogP contribution in [0.2, 0.25) is 0 Å². The number of rotatable bonds is 6. The van der Waals surface area contributed by atoms with Gasteiger partial charge in [-0.15, -0.1) is 0 Å². The summed E-state index contributed by atoms with van der Waals surface area (Å²) in [5, 5.41) is 0. The molecule has 1 atom stereocenters. The molecule has 1 aliphatic heterocycles. The zero-order valence-electron chi connectivity index (χ0n) is 19.8. The molecule has 0 saturated carbocycles. The normalized spacial score (nSPS) is 17.9. The molecule has 33 heavy (non-hydrogen) atoms. The van der Waals surface area contributed by atoms with Crippen LogP contribution in [0.15, 0.2) is 103 Å². The minimum atomic E-state index is -0.285. The molecule has 0 bridgehead atoms. The lowest BCUT2D eigenvalue weighted by atomic mass is 9.73. The Kier molecular flexibility index (Phi) is 6.98. The zero-order valence-corrected chi connectivity index (χ0v) is 19.8. The molecule has 1 fully saturated rings. The van der Waals surface area contributed by atoms with Gasteiger partial charge in [0.05, 0.1) is 6.04 Å². The van der Waals surface area contributed by atoms with Crippen LogP contribution in [0.4, 0.5) is 4.79 Å². The van der Waals surface area contributed by atoms with Crippen LogP contribution >= 0.6 is 0 Å². The van der Waals surface area contributed by atoms with Gasteiger partial charge in [0.15, 0.2) is 0 Å². The second kappa shape index (κ2) is 10.1. The quantitative estimate of drug-likeness (QED) is 0.388. The summed E-state index contributed by atoms with van der Waals surface area (Å²) < 4.78 is 5.81. The van der Waals surface area contributed by atoms with Gasteiger partial charge in [-0.1, -0.05) is 116 Å². The molecule has 0 aliphatic carbocycles. The number of nitrogens with zero attached hydrogens (tertiary/aromatic N) is 1. The van der Waals surface area contributed by atoms with Crippen molar-refractivity contribution in [2.24, 2.45) is 5.92 Å². The van der Waals surface area contributed by atoms with Crippen LogP contribution in [-0.4, -0.2) is 23.6 Å². The van der Waals surface area contributed by atoms with Crippen LogP contribution in [0.1, 0.15) is 43.9 Å². The Morgan fingerprint density at radius 1 is 0.939 bits per heavy atom. The van der Waals surface area contributed by atoms with Crippen molar-refractivity contribution in [1.29, 1.82) is 0 Å². The van der Waals surface area contributed by atoms with E-state index in [1.807, 2.05) is 47.4 Å². The molecule has 3 aromatic carbocycles. The summed E-state index contributed by atoms with van der Waals surface area (Å²) in [6.07, 6.45) is 2.83. The first-order valence-corrected chi connectivity index (χ1v) is 11.8. The number of benzene rings is 3. The summed E-state index contributed by atoms with van der Waals surface area (Å²) in [5.41, 5.74) is 4.46. The monoisotopic (exact) mass is 439 g/mol. The molecule has 0 spiro atoms. The van der Waals surface area contributed by atoms with Gasteiger partial charge in [0, 0.05) is 12.0 Å². The first-order chi connectivity index (χ1) is 16.0. The number of amides is 1. The van der Waals surface area contributed by atoms with Crippen molar-refractivity contribution in [3.05, 3.63) is 119 Å². The fraction of sp³-hybridized carbons (Fsp3) is 0.300. The number of likely N-dealkylation sites (tertiary alicyclic amines) is 1. The van der Waals surface area contributed by atoms with Crippen LogP contribution in [0.5, 0.6) is 0 Å². The van der Waals surface area contributed by atoms with Crippen molar-refractivity contribution < 1.29 is 9.53 Å². The standard InChI is InChI=1S/C30H33NO2/c1-23(2)24(3)19-28-20-30(26-15-9-5-10-16-26,27-17-11-6-12-18-27)22-31(28)29(32)33-21-25-13-7-4-8-14-25/h4-19,23,28H,20-22H2,1-3H3/b24-19+/t28-/m0/s1. The van der Waals surface area contributed by atoms with Gasteiger partial charge in [-0.05, 0) is 36.0 Å². The minimum Gasteiger partial charge on any atom is -0.445 e. The third-order valence-corrected chi connectivity index (χ3v) is 6.86. The second-order valence-electron chi connectivity index (χ2n) is 9.32. The van der Waals surface area contributed by atoms with Crippen LogP contribution in [-0.2, 0) is 16.8 Å². The summed E-state index contributed by atoms with van der Waals surface area (Å²) in [4.78, 5) is 15.3. The molecular weight excluding hydrogens is 406 g/mol. The number of allylic oxidation sites excluding steroid dienone is 1. The Hall–Kier alpha value is -3.33. The molecule has 1 aliphatic rings. The van der Waals surface area contributed by atoms with E-state index in [-0.39, 0.29) is 24.2 Å². The molecular formula is C30H33NO2. The van der Waals surface area contributed by atoms with Crippen molar-refractivity contribution in [3.8, 4) is 0 Å². The van der Waals surface area contributed by atoms with E-state index in [0.29, 0.717) is 12.5 Å². The third-order valence-electron chi connectivity index (χ3n) is 6.86. The van der Waals surface area contributed by atoms with Crippen molar-refractivity contribution in [2.75, 3.05) is 6.54 Å². The molecule has 1 saturated heterocycles. The van der Waals surface area contributed by atoms with Gasteiger partial charge in [-0.3, -0.25) is 0 Å². The molecule has 3 nitrogen and oxygen atoms in total. The van der Waals surface area contributed by atoms with Gasteiger partial charge < -0.3 is 9.64 Å². The minimum absolute atomic E-state index is 0.0314. The highest BCUT2D eigenvalue weighted by atomic mass is 16.6. The maximum absolute atomic E-state index is 13.4. The van der Waals surface area contributed by atoms with Gasteiger partial charge in [-0.2, -0.15) is 0 Å².